The van der Waals surface area contributed by atoms with Crippen molar-refractivity contribution in [2.75, 3.05) is 5.32 Å². The van der Waals surface area contributed by atoms with E-state index in [1.165, 1.54) is 11.3 Å². The van der Waals surface area contributed by atoms with Crippen LogP contribution < -0.4 is 5.32 Å². The molecule has 0 bridgehead atoms. The molecule has 1 aliphatic carbocycles. The average molecular weight is 315 g/mol. The van der Waals surface area contributed by atoms with Gasteiger partial charge in [-0.25, -0.2) is 0 Å². The third-order valence-electron chi connectivity index (χ3n) is 4.24. The number of benzene rings is 1. The Morgan fingerprint density at radius 1 is 1.27 bits per heavy atom. The zero-order valence-corrected chi connectivity index (χ0v) is 13.8. The van der Waals surface area contributed by atoms with Crippen LogP contribution in [0.1, 0.15) is 43.7 Å². The van der Waals surface area contributed by atoms with Crippen LogP contribution in [0.2, 0.25) is 0 Å². The highest BCUT2D eigenvalue weighted by atomic mass is 32.1. The van der Waals surface area contributed by atoms with E-state index in [0.717, 1.165) is 36.3 Å². The second-order valence-electron chi connectivity index (χ2n) is 6.35. The minimum Gasteiger partial charge on any atom is -0.300 e. The van der Waals surface area contributed by atoms with Crippen molar-refractivity contribution in [2.24, 2.45) is 5.92 Å². The van der Waals surface area contributed by atoms with E-state index in [1.54, 1.807) is 0 Å². The highest BCUT2D eigenvalue weighted by Gasteiger charge is 2.45. The zero-order valence-electron chi connectivity index (χ0n) is 13.0. The van der Waals surface area contributed by atoms with E-state index < -0.39 is 0 Å². The molecule has 0 unspecified atom stereocenters. The number of carbonyl (C=O) groups is 1. The van der Waals surface area contributed by atoms with Crippen LogP contribution >= 0.6 is 11.3 Å². The molecule has 1 heterocycles. The Kier molecular flexibility index (Phi) is 4.25. The molecule has 1 aromatic heterocycles. The summed E-state index contributed by atoms with van der Waals surface area (Å²) in [6.07, 6.45) is 3.80. The number of rotatable bonds is 5. The molecule has 2 aromatic rings. The number of hydrogen-bond donors (Lipinski definition) is 1. The van der Waals surface area contributed by atoms with E-state index in [2.05, 4.69) is 29.4 Å². The molecule has 4 nitrogen and oxygen atoms in total. The van der Waals surface area contributed by atoms with Crippen molar-refractivity contribution in [2.45, 2.75) is 44.9 Å². The van der Waals surface area contributed by atoms with E-state index in [1.807, 2.05) is 30.3 Å². The lowest BCUT2D eigenvalue weighted by atomic mass is 9.64. The fourth-order valence-corrected chi connectivity index (χ4v) is 3.83. The summed E-state index contributed by atoms with van der Waals surface area (Å²) < 4.78 is 0. The Labute approximate surface area is 135 Å². The van der Waals surface area contributed by atoms with Gasteiger partial charge in [-0.1, -0.05) is 61.9 Å². The van der Waals surface area contributed by atoms with Crippen LogP contribution in [0.3, 0.4) is 0 Å². The Morgan fingerprint density at radius 3 is 2.59 bits per heavy atom. The number of carbonyl (C=O) groups excluding carboxylic acids is 1. The quantitative estimate of drug-likeness (QED) is 0.913. The van der Waals surface area contributed by atoms with Crippen molar-refractivity contribution >= 4 is 22.4 Å². The molecular formula is C17H21N3OS. The number of aromatic nitrogens is 2. The number of anilines is 1. The Bertz CT molecular complexity index is 647. The second kappa shape index (κ2) is 6.16. The van der Waals surface area contributed by atoms with Gasteiger partial charge in [0.15, 0.2) is 0 Å². The molecule has 1 saturated carbocycles. The zero-order chi connectivity index (χ0) is 15.6. The topological polar surface area (TPSA) is 54.9 Å². The molecule has 3 rings (SSSR count). The van der Waals surface area contributed by atoms with Gasteiger partial charge in [-0.05, 0) is 24.3 Å². The summed E-state index contributed by atoms with van der Waals surface area (Å²) in [4.78, 5) is 12.8. The molecule has 0 aliphatic heterocycles. The summed E-state index contributed by atoms with van der Waals surface area (Å²) in [6, 6.07) is 10.1. The minimum absolute atomic E-state index is 0.0530. The Hall–Kier alpha value is -1.75. The van der Waals surface area contributed by atoms with Gasteiger partial charge in [0, 0.05) is 6.42 Å². The van der Waals surface area contributed by atoms with E-state index in [9.17, 15) is 4.79 Å². The maximum absolute atomic E-state index is 12.8. The lowest BCUT2D eigenvalue weighted by Gasteiger charge is -2.40. The van der Waals surface area contributed by atoms with E-state index >= 15 is 0 Å². The fourth-order valence-electron chi connectivity index (χ4n) is 2.89. The number of hydrogen-bond acceptors (Lipinski definition) is 4. The van der Waals surface area contributed by atoms with Gasteiger partial charge < -0.3 is 0 Å². The standard InChI is InChI=1S/C17H21N3OS/c1-12(2)11-14-19-20-16(22-14)18-15(21)17(9-6-10-17)13-7-4-3-5-8-13/h3-5,7-8,12H,6,9-11H2,1-2H3,(H,18,20,21). The van der Waals surface area contributed by atoms with Crippen molar-refractivity contribution in [3.05, 3.63) is 40.9 Å². The van der Waals surface area contributed by atoms with Gasteiger partial charge in [-0.2, -0.15) is 0 Å². The van der Waals surface area contributed by atoms with Crippen molar-refractivity contribution in [1.29, 1.82) is 0 Å². The fraction of sp³-hybridized carbons (Fsp3) is 0.471. The van der Waals surface area contributed by atoms with Crippen LogP contribution in [-0.4, -0.2) is 16.1 Å². The number of amides is 1. The van der Waals surface area contributed by atoms with E-state index in [-0.39, 0.29) is 11.3 Å². The molecule has 5 heteroatoms. The van der Waals surface area contributed by atoms with Gasteiger partial charge in [0.25, 0.3) is 0 Å². The predicted molar refractivity (Wildman–Crippen MR) is 89.1 cm³/mol. The summed E-state index contributed by atoms with van der Waals surface area (Å²) in [5.41, 5.74) is 0.719. The first-order chi connectivity index (χ1) is 10.6. The molecule has 0 atom stereocenters. The lowest BCUT2D eigenvalue weighted by Crippen LogP contribution is -2.45. The Balaban J connectivity index is 1.74. The lowest BCUT2D eigenvalue weighted by molar-refractivity contribution is -0.124. The summed E-state index contributed by atoms with van der Waals surface area (Å²) in [5, 5.41) is 12.8. The van der Waals surface area contributed by atoms with Crippen LogP contribution in [-0.2, 0) is 16.6 Å². The van der Waals surface area contributed by atoms with Gasteiger partial charge in [0.05, 0.1) is 5.41 Å². The molecule has 1 N–H and O–H groups in total. The van der Waals surface area contributed by atoms with Crippen LogP contribution in [0, 0.1) is 5.92 Å². The maximum atomic E-state index is 12.8. The highest BCUT2D eigenvalue weighted by Crippen LogP contribution is 2.44. The first-order valence-corrected chi connectivity index (χ1v) is 8.61. The minimum atomic E-state index is -0.384. The second-order valence-corrected chi connectivity index (χ2v) is 7.42. The van der Waals surface area contributed by atoms with Crippen molar-refractivity contribution in [3.63, 3.8) is 0 Å². The van der Waals surface area contributed by atoms with Crippen LogP contribution in [0.5, 0.6) is 0 Å². The van der Waals surface area contributed by atoms with Crippen LogP contribution in [0.4, 0.5) is 5.13 Å². The maximum Gasteiger partial charge on any atom is 0.236 e. The SMILES string of the molecule is CC(C)Cc1nnc(NC(=O)C2(c3ccccc3)CCC2)s1. The van der Waals surface area contributed by atoms with E-state index in [0.29, 0.717) is 11.0 Å². The Morgan fingerprint density at radius 2 is 2.00 bits per heavy atom. The third-order valence-corrected chi connectivity index (χ3v) is 5.10. The van der Waals surface area contributed by atoms with Gasteiger partial charge >= 0.3 is 0 Å². The molecule has 116 valence electrons. The van der Waals surface area contributed by atoms with Gasteiger partial charge in [0.2, 0.25) is 11.0 Å². The average Bonchev–Trinajstić information content (AvgIpc) is 2.85. The molecule has 1 aliphatic rings. The molecule has 22 heavy (non-hydrogen) atoms. The number of nitrogens with zero attached hydrogens (tertiary/aromatic N) is 2. The highest BCUT2D eigenvalue weighted by molar-refractivity contribution is 7.15. The molecular weight excluding hydrogens is 294 g/mol. The predicted octanol–water partition coefficient (Wildman–Crippen LogP) is 3.80. The molecule has 0 saturated heterocycles. The first-order valence-electron chi connectivity index (χ1n) is 7.79. The van der Waals surface area contributed by atoms with Crippen LogP contribution in [0.15, 0.2) is 30.3 Å². The van der Waals surface area contributed by atoms with Gasteiger partial charge in [-0.3, -0.25) is 10.1 Å². The normalized spacial score (nSPS) is 16.3. The van der Waals surface area contributed by atoms with Crippen LogP contribution in [0.25, 0.3) is 0 Å². The molecule has 1 fully saturated rings. The summed E-state index contributed by atoms with van der Waals surface area (Å²) in [7, 11) is 0. The summed E-state index contributed by atoms with van der Waals surface area (Å²) in [5.74, 6) is 0.594. The monoisotopic (exact) mass is 315 g/mol. The van der Waals surface area contributed by atoms with Crippen molar-refractivity contribution < 1.29 is 4.79 Å². The summed E-state index contributed by atoms with van der Waals surface area (Å²) in [6.45, 7) is 4.30. The molecule has 1 amide bonds. The van der Waals surface area contributed by atoms with E-state index in [4.69, 9.17) is 0 Å². The third kappa shape index (κ3) is 2.90. The summed E-state index contributed by atoms with van der Waals surface area (Å²) >= 11 is 1.48. The van der Waals surface area contributed by atoms with Gasteiger partial charge in [-0.15, -0.1) is 10.2 Å². The largest absolute Gasteiger partial charge is 0.300 e. The smallest absolute Gasteiger partial charge is 0.236 e. The molecule has 1 aromatic carbocycles. The first kappa shape index (κ1) is 15.2. The van der Waals surface area contributed by atoms with Gasteiger partial charge in [0.1, 0.15) is 5.01 Å². The number of nitrogens with one attached hydrogen (secondary N) is 1. The van der Waals surface area contributed by atoms with Crippen molar-refractivity contribution in [1.82, 2.24) is 10.2 Å². The van der Waals surface area contributed by atoms with Crippen molar-refractivity contribution in [3.8, 4) is 0 Å². The molecule has 0 radical (unpaired) electrons. The molecule has 0 spiro atoms.